The number of amides is 1. The van der Waals surface area contributed by atoms with Gasteiger partial charge < -0.3 is 5.32 Å². The molecule has 1 aromatic heterocycles. The fourth-order valence-electron chi connectivity index (χ4n) is 0.869. The first-order valence-electron chi connectivity index (χ1n) is 4.21. The highest BCUT2D eigenvalue weighted by Gasteiger charge is 2.00. The van der Waals surface area contributed by atoms with Crippen LogP contribution in [0.4, 0.5) is 5.69 Å². The van der Waals surface area contributed by atoms with E-state index in [2.05, 4.69) is 16.9 Å². The Morgan fingerprint density at radius 2 is 2.57 bits per heavy atom. The van der Waals surface area contributed by atoms with Crippen LogP contribution in [0.15, 0.2) is 37.2 Å². The average Bonchev–Trinajstić information content (AvgIpc) is 2.20. The lowest BCUT2D eigenvalue weighted by Gasteiger charge is -2.02. The molecule has 3 nitrogen and oxygen atoms in total. The van der Waals surface area contributed by atoms with Crippen LogP contribution in [0.3, 0.4) is 0 Å². The fourth-order valence-corrected chi connectivity index (χ4v) is 1.41. The Morgan fingerprint density at radius 3 is 3.21 bits per heavy atom. The van der Waals surface area contributed by atoms with Gasteiger partial charge >= 0.3 is 0 Å². The summed E-state index contributed by atoms with van der Waals surface area (Å²) >= 11 is 1.53. The molecular weight excluding hydrogens is 196 g/mol. The molecule has 0 aliphatic rings. The van der Waals surface area contributed by atoms with Crippen LogP contribution in [-0.4, -0.2) is 22.4 Å². The highest BCUT2D eigenvalue weighted by molar-refractivity contribution is 8.00. The SMILES string of the molecule is C=CCSCC(=O)Nc1cccnc1. The van der Waals surface area contributed by atoms with Crippen molar-refractivity contribution in [2.24, 2.45) is 0 Å². The Hall–Kier alpha value is -1.29. The van der Waals surface area contributed by atoms with Gasteiger partial charge in [-0.1, -0.05) is 6.08 Å². The third-order valence-electron chi connectivity index (χ3n) is 1.41. The van der Waals surface area contributed by atoms with Gasteiger partial charge in [-0.05, 0) is 12.1 Å². The van der Waals surface area contributed by atoms with E-state index in [0.717, 1.165) is 11.4 Å². The zero-order valence-corrected chi connectivity index (χ0v) is 8.59. The van der Waals surface area contributed by atoms with Crippen LogP contribution in [0.25, 0.3) is 0 Å². The number of hydrogen-bond acceptors (Lipinski definition) is 3. The Kier molecular flexibility index (Phi) is 4.78. The number of carbonyl (C=O) groups excluding carboxylic acids is 1. The van der Waals surface area contributed by atoms with Crippen molar-refractivity contribution in [3.8, 4) is 0 Å². The normalized spacial score (nSPS) is 9.43. The zero-order chi connectivity index (χ0) is 10.2. The molecule has 1 rings (SSSR count). The van der Waals surface area contributed by atoms with Crippen molar-refractivity contribution < 1.29 is 4.79 Å². The van der Waals surface area contributed by atoms with Crippen LogP contribution in [0.1, 0.15) is 0 Å². The molecule has 1 aromatic rings. The quantitative estimate of drug-likeness (QED) is 0.594. The molecule has 74 valence electrons. The smallest absolute Gasteiger partial charge is 0.234 e. The molecule has 1 heterocycles. The lowest BCUT2D eigenvalue weighted by Crippen LogP contribution is -2.14. The standard InChI is InChI=1S/C10H12N2OS/c1-2-6-14-8-10(13)12-9-4-3-5-11-7-9/h2-5,7H,1,6,8H2,(H,12,13). The Morgan fingerprint density at radius 1 is 1.71 bits per heavy atom. The largest absolute Gasteiger partial charge is 0.324 e. The minimum Gasteiger partial charge on any atom is -0.324 e. The second-order valence-corrected chi connectivity index (χ2v) is 3.62. The van der Waals surface area contributed by atoms with Gasteiger partial charge in [-0.3, -0.25) is 9.78 Å². The average molecular weight is 208 g/mol. The van der Waals surface area contributed by atoms with E-state index in [1.54, 1.807) is 24.5 Å². The molecule has 0 fully saturated rings. The molecule has 0 atom stereocenters. The number of nitrogens with zero attached hydrogens (tertiary/aromatic N) is 1. The van der Waals surface area contributed by atoms with E-state index < -0.39 is 0 Å². The van der Waals surface area contributed by atoms with Crippen LogP contribution in [0, 0.1) is 0 Å². The van der Waals surface area contributed by atoms with E-state index in [0.29, 0.717) is 5.75 Å². The summed E-state index contributed by atoms with van der Waals surface area (Å²) in [6.07, 6.45) is 5.07. The van der Waals surface area contributed by atoms with E-state index in [1.165, 1.54) is 11.8 Å². The molecule has 1 amide bonds. The van der Waals surface area contributed by atoms with Gasteiger partial charge in [-0.25, -0.2) is 0 Å². The number of hydrogen-bond donors (Lipinski definition) is 1. The molecule has 0 unspecified atom stereocenters. The van der Waals surface area contributed by atoms with Crippen molar-refractivity contribution in [3.05, 3.63) is 37.2 Å². The van der Waals surface area contributed by atoms with Gasteiger partial charge in [0.15, 0.2) is 0 Å². The molecule has 0 spiro atoms. The molecule has 0 aliphatic carbocycles. The van der Waals surface area contributed by atoms with Gasteiger partial charge in [-0.2, -0.15) is 0 Å². The van der Waals surface area contributed by atoms with Gasteiger partial charge in [0.2, 0.25) is 5.91 Å². The van der Waals surface area contributed by atoms with Crippen molar-refractivity contribution in [3.63, 3.8) is 0 Å². The van der Waals surface area contributed by atoms with E-state index in [-0.39, 0.29) is 5.91 Å². The summed E-state index contributed by atoms with van der Waals surface area (Å²) in [6, 6.07) is 3.59. The van der Waals surface area contributed by atoms with E-state index in [9.17, 15) is 4.79 Å². The van der Waals surface area contributed by atoms with E-state index in [1.807, 2.05) is 6.07 Å². The Labute approximate surface area is 87.6 Å². The summed E-state index contributed by atoms with van der Waals surface area (Å²) in [6.45, 7) is 3.58. The predicted molar refractivity (Wildman–Crippen MR) is 60.4 cm³/mol. The van der Waals surface area contributed by atoms with Gasteiger partial charge in [0.25, 0.3) is 0 Å². The first kappa shape index (κ1) is 10.8. The molecule has 0 radical (unpaired) electrons. The summed E-state index contributed by atoms with van der Waals surface area (Å²) in [7, 11) is 0. The number of aromatic nitrogens is 1. The minimum atomic E-state index is -0.00940. The lowest BCUT2D eigenvalue weighted by atomic mass is 10.4. The van der Waals surface area contributed by atoms with Crippen molar-refractivity contribution in [2.75, 3.05) is 16.8 Å². The van der Waals surface area contributed by atoms with Gasteiger partial charge in [-0.15, -0.1) is 18.3 Å². The van der Waals surface area contributed by atoms with Gasteiger partial charge in [0.05, 0.1) is 17.6 Å². The minimum absolute atomic E-state index is 0.00940. The molecule has 0 aromatic carbocycles. The topological polar surface area (TPSA) is 42.0 Å². The number of nitrogens with one attached hydrogen (secondary N) is 1. The maximum Gasteiger partial charge on any atom is 0.234 e. The molecule has 0 saturated heterocycles. The van der Waals surface area contributed by atoms with Gasteiger partial charge in [0.1, 0.15) is 0 Å². The van der Waals surface area contributed by atoms with Crippen LogP contribution in [-0.2, 0) is 4.79 Å². The maximum absolute atomic E-state index is 11.3. The third kappa shape index (κ3) is 4.09. The highest BCUT2D eigenvalue weighted by atomic mass is 32.2. The molecular formula is C10H12N2OS. The van der Waals surface area contributed by atoms with Crippen molar-refractivity contribution in [1.82, 2.24) is 4.98 Å². The second-order valence-electron chi connectivity index (χ2n) is 2.59. The van der Waals surface area contributed by atoms with Gasteiger partial charge in [0, 0.05) is 11.9 Å². The zero-order valence-electron chi connectivity index (χ0n) is 7.77. The maximum atomic E-state index is 11.3. The number of pyridine rings is 1. The lowest BCUT2D eigenvalue weighted by molar-refractivity contribution is -0.113. The fraction of sp³-hybridized carbons (Fsp3) is 0.200. The van der Waals surface area contributed by atoms with Crippen LogP contribution >= 0.6 is 11.8 Å². The van der Waals surface area contributed by atoms with Crippen molar-refractivity contribution in [2.45, 2.75) is 0 Å². The first-order valence-corrected chi connectivity index (χ1v) is 5.37. The predicted octanol–water partition coefficient (Wildman–Crippen LogP) is 1.94. The molecule has 0 saturated carbocycles. The third-order valence-corrected chi connectivity index (χ3v) is 2.35. The highest BCUT2D eigenvalue weighted by Crippen LogP contribution is 2.05. The number of rotatable bonds is 5. The van der Waals surface area contributed by atoms with Crippen molar-refractivity contribution >= 4 is 23.4 Å². The molecule has 14 heavy (non-hydrogen) atoms. The first-order chi connectivity index (χ1) is 6.83. The summed E-state index contributed by atoms with van der Waals surface area (Å²) < 4.78 is 0. The molecule has 1 N–H and O–H groups in total. The van der Waals surface area contributed by atoms with Crippen LogP contribution in [0.5, 0.6) is 0 Å². The number of thioether (sulfide) groups is 1. The number of anilines is 1. The van der Waals surface area contributed by atoms with E-state index in [4.69, 9.17) is 0 Å². The van der Waals surface area contributed by atoms with E-state index >= 15 is 0 Å². The second kappa shape index (κ2) is 6.21. The summed E-state index contributed by atoms with van der Waals surface area (Å²) in [5.41, 5.74) is 0.733. The summed E-state index contributed by atoms with van der Waals surface area (Å²) in [4.78, 5) is 15.2. The Balaban J connectivity index is 2.31. The monoisotopic (exact) mass is 208 g/mol. The molecule has 0 aliphatic heterocycles. The molecule has 4 heteroatoms. The summed E-state index contributed by atoms with van der Waals surface area (Å²) in [5, 5.41) is 2.74. The van der Waals surface area contributed by atoms with Crippen LogP contribution in [0.2, 0.25) is 0 Å². The van der Waals surface area contributed by atoms with Crippen molar-refractivity contribution in [1.29, 1.82) is 0 Å². The summed E-state index contributed by atoms with van der Waals surface area (Å²) in [5.74, 6) is 1.23. The van der Waals surface area contributed by atoms with Crippen LogP contribution < -0.4 is 5.32 Å². The Bertz CT molecular complexity index is 300. The molecule has 0 bridgehead atoms. The number of carbonyl (C=O) groups is 1.